The van der Waals surface area contributed by atoms with Gasteiger partial charge in [0.25, 0.3) is 0 Å². The average Bonchev–Trinajstić information content (AvgIpc) is 2.98. The fourth-order valence-electron chi connectivity index (χ4n) is 2.55. The number of imidazole rings is 1. The number of aryl methyl sites for hydroxylation is 1. The molecule has 0 fully saturated rings. The number of nitrogens with zero attached hydrogens (tertiary/aromatic N) is 2. The van der Waals surface area contributed by atoms with Crippen LogP contribution in [0.1, 0.15) is 6.92 Å². The van der Waals surface area contributed by atoms with Gasteiger partial charge in [-0.3, -0.25) is 4.79 Å². The van der Waals surface area contributed by atoms with Crippen LogP contribution in [0.5, 0.6) is 5.75 Å². The molecule has 0 aliphatic carbocycles. The monoisotopic (exact) mass is 377 g/mol. The van der Waals surface area contributed by atoms with Gasteiger partial charge in [-0.1, -0.05) is 36.0 Å². The minimum atomic E-state index is -2.95. The Morgan fingerprint density at radius 3 is 2.73 bits per heavy atom. The van der Waals surface area contributed by atoms with E-state index < -0.39 is 6.61 Å². The van der Waals surface area contributed by atoms with Crippen molar-refractivity contribution in [3.05, 3.63) is 48.5 Å². The summed E-state index contributed by atoms with van der Waals surface area (Å²) in [7, 11) is 0. The van der Waals surface area contributed by atoms with Crippen molar-refractivity contribution >= 4 is 34.4 Å². The Labute approximate surface area is 153 Å². The van der Waals surface area contributed by atoms with Crippen LogP contribution in [0.25, 0.3) is 11.0 Å². The van der Waals surface area contributed by atoms with Gasteiger partial charge in [-0.2, -0.15) is 8.78 Å². The maximum Gasteiger partial charge on any atom is 0.387 e. The number of carbonyl (C=O) groups excluding carboxylic acids is 1. The molecule has 0 saturated carbocycles. The Hall–Kier alpha value is -2.61. The van der Waals surface area contributed by atoms with Crippen LogP contribution in [-0.2, 0) is 11.3 Å². The molecule has 1 heterocycles. The van der Waals surface area contributed by atoms with Crippen LogP contribution in [0.3, 0.4) is 0 Å². The van der Waals surface area contributed by atoms with Crippen molar-refractivity contribution in [2.45, 2.75) is 25.2 Å². The Morgan fingerprint density at radius 2 is 1.96 bits per heavy atom. The van der Waals surface area contributed by atoms with E-state index in [0.717, 1.165) is 22.7 Å². The smallest absolute Gasteiger partial charge is 0.387 e. The summed E-state index contributed by atoms with van der Waals surface area (Å²) in [6.45, 7) is -0.210. The molecule has 3 aromatic rings. The van der Waals surface area contributed by atoms with E-state index in [-0.39, 0.29) is 23.1 Å². The van der Waals surface area contributed by atoms with Gasteiger partial charge in [-0.25, -0.2) is 4.98 Å². The van der Waals surface area contributed by atoms with Gasteiger partial charge in [0.15, 0.2) is 5.16 Å². The van der Waals surface area contributed by atoms with Gasteiger partial charge >= 0.3 is 6.61 Å². The molecule has 0 radical (unpaired) electrons. The Morgan fingerprint density at radius 1 is 1.23 bits per heavy atom. The first-order valence-corrected chi connectivity index (χ1v) is 8.98. The fourth-order valence-corrected chi connectivity index (χ4v) is 3.43. The standard InChI is InChI=1S/C18H17F2N3O2S/c1-2-23-14-9-5-3-7-12(14)22-18(23)26-11-16(24)21-13-8-4-6-10-15(13)25-17(19)20/h3-10,17H,2,11H2,1H3,(H,21,24). The Kier molecular flexibility index (Phi) is 5.72. The van der Waals surface area contributed by atoms with Crippen LogP contribution in [0.4, 0.5) is 14.5 Å². The third kappa shape index (κ3) is 4.13. The summed E-state index contributed by atoms with van der Waals surface area (Å²) < 4.78 is 31.3. The Bertz CT molecular complexity index is 914. The maximum absolute atomic E-state index is 12.4. The molecular weight excluding hydrogens is 360 g/mol. The number of fused-ring (bicyclic) bond motifs is 1. The van der Waals surface area contributed by atoms with Gasteiger partial charge in [-0.05, 0) is 31.2 Å². The van der Waals surface area contributed by atoms with Crippen LogP contribution in [0.15, 0.2) is 53.7 Å². The lowest BCUT2D eigenvalue weighted by atomic mass is 10.3. The summed E-state index contributed by atoms with van der Waals surface area (Å²) in [4.78, 5) is 16.8. The van der Waals surface area contributed by atoms with Crippen LogP contribution in [0.2, 0.25) is 0 Å². The van der Waals surface area contributed by atoms with Gasteiger partial charge in [0.1, 0.15) is 5.75 Å². The van der Waals surface area contributed by atoms with Crippen molar-refractivity contribution in [2.75, 3.05) is 11.1 Å². The van der Waals surface area contributed by atoms with Gasteiger partial charge in [0, 0.05) is 6.54 Å². The highest BCUT2D eigenvalue weighted by molar-refractivity contribution is 7.99. The molecule has 0 unspecified atom stereocenters. The van der Waals surface area contributed by atoms with E-state index in [2.05, 4.69) is 15.0 Å². The summed E-state index contributed by atoms with van der Waals surface area (Å²) in [5.41, 5.74) is 2.09. The number of amides is 1. The summed E-state index contributed by atoms with van der Waals surface area (Å²) in [6.07, 6.45) is 0. The lowest BCUT2D eigenvalue weighted by Crippen LogP contribution is -2.16. The first kappa shape index (κ1) is 18.2. The molecule has 26 heavy (non-hydrogen) atoms. The van der Waals surface area contributed by atoms with Crippen LogP contribution >= 0.6 is 11.8 Å². The average molecular weight is 377 g/mol. The minimum absolute atomic E-state index is 0.0679. The number of ether oxygens (including phenoxy) is 1. The van der Waals surface area contributed by atoms with Crippen molar-refractivity contribution in [3.8, 4) is 5.75 Å². The molecule has 5 nitrogen and oxygen atoms in total. The molecule has 0 spiro atoms. The van der Waals surface area contributed by atoms with E-state index in [9.17, 15) is 13.6 Å². The molecular formula is C18H17F2N3O2S. The third-order valence-corrected chi connectivity index (χ3v) is 4.62. The van der Waals surface area contributed by atoms with Crippen molar-refractivity contribution in [1.82, 2.24) is 9.55 Å². The highest BCUT2D eigenvalue weighted by atomic mass is 32.2. The molecule has 0 saturated heterocycles. The zero-order valence-corrected chi connectivity index (χ0v) is 14.8. The van der Waals surface area contributed by atoms with Crippen LogP contribution < -0.4 is 10.1 Å². The number of nitrogens with one attached hydrogen (secondary N) is 1. The summed E-state index contributed by atoms with van der Waals surface area (Å²) in [6, 6.07) is 13.8. The number of anilines is 1. The topological polar surface area (TPSA) is 56.2 Å². The van der Waals surface area contributed by atoms with Gasteiger partial charge in [-0.15, -0.1) is 0 Å². The van der Waals surface area contributed by atoms with Crippen molar-refractivity contribution in [1.29, 1.82) is 0 Å². The lowest BCUT2D eigenvalue weighted by molar-refractivity contribution is -0.113. The molecule has 1 amide bonds. The number of aromatic nitrogens is 2. The van der Waals surface area contributed by atoms with Gasteiger partial charge < -0.3 is 14.6 Å². The Balaban J connectivity index is 1.69. The van der Waals surface area contributed by atoms with E-state index in [1.807, 2.05) is 35.8 Å². The molecule has 1 aromatic heterocycles. The fraction of sp³-hybridized carbons (Fsp3) is 0.222. The highest BCUT2D eigenvalue weighted by Gasteiger charge is 2.14. The molecule has 0 atom stereocenters. The normalized spacial score (nSPS) is 11.1. The SMILES string of the molecule is CCn1c(SCC(=O)Nc2ccccc2OC(F)F)nc2ccccc21. The second kappa shape index (κ2) is 8.18. The quantitative estimate of drug-likeness (QED) is 0.621. The highest BCUT2D eigenvalue weighted by Crippen LogP contribution is 2.27. The van der Waals surface area contributed by atoms with Crippen LogP contribution in [-0.4, -0.2) is 27.8 Å². The number of carbonyl (C=O) groups is 1. The number of alkyl halides is 2. The number of hydrogen-bond acceptors (Lipinski definition) is 4. The maximum atomic E-state index is 12.4. The van der Waals surface area contributed by atoms with Gasteiger partial charge in [0.2, 0.25) is 5.91 Å². The molecule has 1 N–H and O–H groups in total. The largest absolute Gasteiger partial charge is 0.433 e. The number of benzene rings is 2. The van der Waals surface area contributed by atoms with E-state index >= 15 is 0 Å². The molecule has 0 aliphatic rings. The first-order valence-electron chi connectivity index (χ1n) is 8.00. The summed E-state index contributed by atoms with van der Waals surface area (Å²) in [5.74, 6) is -0.288. The number of thioether (sulfide) groups is 1. The number of para-hydroxylation sites is 4. The van der Waals surface area contributed by atoms with E-state index in [1.165, 1.54) is 23.9 Å². The first-order chi connectivity index (χ1) is 12.6. The number of rotatable bonds is 7. The van der Waals surface area contributed by atoms with E-state index in [4.69, 9.17) is 0 Å². The second-order valence-electron chi connectivity index (χ2n) is 5.34. The molecule has 0 bridgehead atoms. The second-order valence-corrected chi connectivity index (χ2v) is 6.28. The zero-order valence-electron chi connectivity index (χ0n) is 14.0. The van der Waals surface area contributed by atoms with E-state index in [0.29, 0.717) is 0 Å². The lowest BCUT2D eigenvalue weighted by Gasteiger charge is -2.11. The molecule has 2 aromatic carbocycles. The third-order valence-electron chi connectivity index (χ3n) is 3.65. The summed E-state index contributed by atoms with van der Waals surface area (Å²) in [5, 5.41) is 3.34. The van der Waals surface area contributed by atoms with Crippen molar-refractivity contribution < 1.29 is 18.3 Å². The number of hydrogen-bond donors (Lipinski definition) is 1. The summed E-state index contributed by atoms with van der Waals surface area (Å²) >= 11 is 1.30. The molecule has 136 valence electrons. The van der Waals surface area contributed by atoms with Crippen molar-refractivity contribution in [2.24, 2.45) is 0 Å². The van der Waals surface area contributed by atoms with Crippen LogP contribution in [0, 0.1) is 0 Å². The van der Waals surface area contributed by atoms with E-state index in [1.54, 1.807) is 12.1 Å². The van der Waals surface area contributed by atoms with Crippen molar-refractivity contribution in [3.63, 3.8) is 0 Å². The predicted molar refractivity (Wildman–Crippen MR) is 97.8 cm³/mol. The zero-order chi connectivity index (χ0) is 18.5. The number of halogens is 2. The molecule has 3 rings (SSSR count). The van der Waals surface area contributed by atoms with Gasteiger partial charge in [0.05, 0.1) is 22.5 Å². The predicted octanol–water partition coefficient (Wildman–Crippen LogP) is 4.39. The molecule has 0 aliphatic heterocycles. The molecule has 8 heteroatoms. The minimum Gasteiger partial charge on any atom is -0.433 e.